The monoisotopic (exact) mass is 380 g/mol. The molecule has 4 rings (SSSR count). The standard InChI is InChI=1S/C20H14BrFN2/c21-16-8-5-7-14(12-16)20-23-18-10-3-4-11-19(18)24(20)13-15-6-1-2-9-17(15)22/h1-12H,13H2. The second kappa shape index (κ2) is 6.21. The highest BCUT2D eigenvalue weighted by atomic mass is 79.9. The number of fused-ring (bicyclic) bond motifs is 1. The Hall–Kier alpha value is -2.46. The van der Waals surface area contributed by atoms with Gasteiger partial charge in [0.15, 0.2) is 0 Å². The molecule has 0 unspecified atom stereocenters. The van der Waals surface area contributed by atoms with Gasteiger partial charge in [-0.15, -0.1) is 0 Å². The Morgan fingerprint density at radius 2 is 1.71 bits per heavy atom. The average molecular weight is 381 g/mol. The molecular weight excluding hydrogens is 367 g/mol. The molecule has 0 radical (unpaired) electrons. The lowest BCUT2D eigenvalue weighted by Crippen LogP contribution is -2.04. The van der Waals surface area contributed by atoms with Crippen LogP contribution in [0.1, 0.15) is 5.56 Å². The minimum Gasteiger partial charge on any atom is -0.319 e. The molecule has 0 spiro atoms. The van der Waals surface area contributed by atoms with Crippen LogP contribution in [0.5, 0.6) is 0 Å². The van der Waals surface area contributed by atoms with E-state index in [2.05, 4.69) is 20.5 Å². The fraction of sp³-hybridized carbons (Fsp3) is 0.0500. The normalized spacial score (nSPS) is 11.1. The Kier molecular flexibility index (Phi) is 3.90. The predicted molar refractivity (Wildman–Crippen MR) is 98.4 cm³/mol. The number of halogens is 2. The molecule has 0 saturated heterocycles. The third-order valence-corrected chi connectivity index (χ3v) is 4.52. The molecule has 0 bridgehead atoms. The van der Waals surface area contributed by atoms with Crippen LogP contribution in [0.15, 0.2) is 77.3 Å². The molecule has 0 aliphatic heterocycles. The van der Waals surface area contributed by atoms with Crippen molar-refractivity contribution in [3.63, 3.8) is 0 Å². The highest BCUT2D eigenvalue weighted by Gasteiger charge is 2.14. The Morgan fingerprint density at radius 3 is 2.54 bits per heavy atom. The number of imidazole rings is 1. The predicted octanol–water partition coefficient (Wildman–Crippen LogP) is 5.65. The molecule has 1 heterocycles. The lowest BCUT2D eigenvalue weighted by atomic mass is 10.2. The number of nitrogens with zero attached hydrogens (tertiary/aromatic N) is 2. The summed E-state index contributed by atoms with van der Waals surface area (Å²) in [6.07, 6.45) is 0. The summed E-state index contributed by atoms with van der Waals surface area (Å²) in [6, 6.07) is 22.8. The van der Waals surface area contributed by atoms with Crippen molar-refractivity contribution in [1.29, 1.82) is 0 Å². The molecule has 0 saturated carbocycles. The number of aromatic nitrogens is 2. The fourth-order valence-electron chi connectivity index (χ4n) is 2.88. The molecule has 0 aliphatic rings. The van der Waals surface area contributed by atoms with Gasteiger partial charge >= 0.3 is 0 Å². The van der Waals surface area contributed by atoms with Crippen LogP contribution in [0.4, 0.5) is 4.39 Å². The van der Waals surface area contributed by atoms with Gasteiger partial charge in [-0.2, -0.15) is 0 Å². The number of hydrogen-bond donors (Lipinski definition) is 0. The van der Waals surface area contributed by atoms with Crippen LogP contribution in [0, 0.1) is 5.82 Å². The molecule has 24 heavy (non-hydrogen) atoms. The lowest BCUT2D eigenvalue weighted by Gasteiger charge is -2.10. The number of benzene rings is 3. The zero-order chi connectivity index (χ0) is 16.5. The van der Waals surface area contributed by atoms with Crippen LogP contribution in [0.3, 0.4) is 0 Å². The van der Waals surface area contributed by atoms with E-state index in [1.807, 2.05) is 60.7 Å². The van der Waals surface area contributed by atoms with Crippen molar-refractivity contribution in [3.8, 4) is 11.4 Å². The van der Waals surface area contributed by atoms with Crippen molar-refractivity contribution < 1.29 is 4.39 Å². The molecule has 4 aromatic rings. The first-order chi connectivity index (χ1) is 11.7. The molecule has 0 fully saturated rings. The van der Waals surface area contributed by atoms with Gasteiger partial charge in [0.2, 0.25) is 0 Å². The Bertz CT molecular complexity index is 1020. The molecule has 0 amide bonds. The van der Waals surface area contributed by atoms with Gasteiger partial charge in [0, 0.05) is 15.6 Å². The second-order valence-corrected chi connectivity index (χ2v) is 6.53. The van der Waals surface area contributed by atoms with Gasteiger partial charge in [0.25, 0.3) is 0 Å². The highest BCUT2D eigenvalue weighted by molar-refractivity contribution is 9.10. The zero-order valence-electron chi connectivity index (χ0n) is 12.8. The molecule has 118 valence electrons. The number of hydrogen-bond acceptors (Lipinski definition) is 1. The van der Waals surface area contributed by atoms with Crippen molar-refractivity contribution >= 4 is 27.0 Å². The van der Waals surface area contributed by atoms with Crippen molar-refractivity contribution in [3.05, 3.63) is 88.6 Å². The van der Waals surface area contributed by atoms with Gasteiger partial charge in [0.05, 0.1) is 17.6 Å². The highest BCUT2D eigenvalue weighted by Crippen LogP contribution is 2.28. The van der Waals surface area contributed by atoms with E-state index >= 15 is 0 Å². The van der Waals surface area contributed by atoms with Crippen LogP contribution >= 0.6 is 15.9 Å². The largest absolute Gasteiger partial charge is 0.319 e. The first kappa shape index (κ1) is 15.1. The van der Waals surface area contributed by atoms with E-state index in [1.165, 1.54) is 6.07 Å². The molecule has 3 aromatic carbocycles. The van der Waals surface area contributed by atoms with E-state index in [0.717, 1.165) is 26.9 Å². The molecule has 0 N–H and O–H groups in total. The maximum Gasteiger partial charge on any atom is 0.141 e. The van der Waals surface area contributed by atoms with E-state index in [1.54, 1.807) is 6.07 Å². The minimum atomic E-state index is -0.199. The lowest BCUT2D eigenvalue weighted by molar-refractivity contribution is 0.602. The van der Waals surface area contributed by atoms with Crippen LogP contribution in [-0.4, -0.2) is 9.55 Å². The SMILES string of the molecule is Fc1ccccc1Cn1c(-c2cccc(Br)c2)nc2ccccc21. The maximum atomic E-state index is 14.1. The van der Waals surface area contributed by atoms with Gasteiger partial charge in [0.1, 0.15) is 11.6 Å². The summed E-state index contributed by atoms with van der Waals surface area (Å²) in [4.78, 5) is 4.77. The smallest absolute Gasteiger partial charge is 0.141 e. The van der Waals surface area contributed by atoms with Gasteiger partial charge in [-0.25, -0.2) is 9.37 Å². The van der Waals surface area contributed by atoms with Crippen LogP contribution in [0.2, 0.25) is 0 Å². The Morgan fingerprint density at radius 1 is 0.917 bits per heavy atom. The zero-order valence-corrected chi connectivity index (χ0v) is 14.4. The molecule has 1 aromatic heterocycles. The Balaban J connectivity index is 1.92. The summed E-state index contributed by atoms with van der Waals surface area (Å²) < 4.78 is 17.2. The van der Waals surface area contributed by atoms with Crippen LogP contribution < -0.4 is 0 Å². The second-order valence-electron chi connectivity index (χ2n) is 5.61. The van der Waals surface area contributed by atoms with Crippen molar-refractivity contribution in [2.75, 3.05) is 0 Å². The van der Waals surface area contributed by atoms with Crippen molar-refractivity contribution in [2.45, 2.75) is 6.54 Å². The number of para-hydroxylation sites is 2. The molecule has 4 heteroatoms. The van der Waals surface area contributed by atoms with E-state index in [4.69, 9.17) is 4.98 Å². The first-order valence-electron chi connectivity index (χ1n) is 7.67. The third-order valence-electron chi connectivity index (χ3n) is 4.02. The molecule has 0 atom stereocenters. The van der Waals surface area contributed by atoms with Crippen molar-refractivity contribution in [2.24, 2.45) is 0 Å². The fourth-order valence-corrected chi connectivity index (χ4v) is 3.28. The molecule has 2 nitrogen and oxygen atoms in total. The van der Waals surface area contributed by atoms with Crippen LogP contribution in [-0.2, 0) is 6.54 Å². The average Bonchev–Trinajstić information content (AvgIpc) is 2.96. The first-order valence-corrected chi connectivity index (χ1v) is 8.46. The van der Waals surface area contributed by atoms with E-state index in [9.17, 15) is 4.39 Å². The van der Waals surface area contributed by atoms with E-state index < -0.39 is 0 Å². The topological polar surface area (TPSA) is 17.8 Å². The summed E-state index contributed by atoms with van der Waals surface area (Å²) in [6.45, 7) is 0.440. The summed E-state index contributed by atoms with van der Waals surface area (Å²) in [7, 11) is 0. The third kappa shape index (κ3) is 2.74. The van der Waals surface area contributed by atoms with Crippen LogP contribution in [0.25, 0.3) is 22.4 Å². The summed E-state index contributed by atoms with van der Waals surface area (Å²) in [5, 5.41) is 0. The van der Waals surface area contributed by atoms with Gasteiger partial charge in [-0.05, 0) is 30.3 Å². The summed E-state index contributed by atoms with van der Waals surface area (Å²) in [5.41, 5.74) is 3.55. The van der Waals surface area contributed by atoms with E-state index in [0.29, 0.717) is 12.1 Å². The van der Waals surface area contributed by atoms with Gasteiger partial charge < -0.3 is 4.57 Å². The van der Waals surface area contributed by atoms with Crippen molar-refractivity contribution in [1.82, 2.24) is 9.55 Å². The van der Waals surface area contributed by atoms with Gasteiger partial charge in [-0.3, -0.25) is 0 Å². The minimum absolute atomic E-state index is 0.199. The van der Waals surface area contributed by atoms with Gasteiger partial charge in [-0.1, -0.05) is 58.4 Å². The summed E-state index contributed by atoms with van der Waals surface area (Å²) in [5.74, 6) is 0.635. The Labute approximate surface area is 147 Å². The maximum absolute atomic E-state index is 14.1. The molecular formula is C20H14BrFN2. The molecule has 0 aliphatic carbocycles. The quantitative estimate of drug-likeness (QED) is 0.448. The van der Waals surface area contributed by atoms with E-state index in [-0.39, 0.29) is 5.82 Å². The number of rotatable bonds is 3. The summed E-state index contributed by atoms with van der Waals surface area (Å²) >= 11 is 3.51.